The van der Waals surface area contributed by atoms with Crippen LogP contribution in [-0.2, 0) is 26.5 Å². The van der Waals surface area contributed by atoms with Gasteiger partial charge in [0.2, 0.25) is 11.8 Å². The number of amidine groups is 1. The molecule has 0 bridgehead atoms. The molecule has 14 nitrogen and oxygen atoms in total. The summed E-state index contributed by atoms with van der Waals surface area (Å²) in [6.45, 7) is 6.12. The van der Waals surface area contributed by atoms with Crippen molar-refractivity contribution in [2.75, 3.05) is 11.9 Å². The highest BCUT2D eigenvalue weighted by Gasteiger charge is 2.41. The van der Waals surface area contributed by atoms with Gasteiger partial charge in [0.25, 0.3) is 5.91 Å². The van der Waals surface area contributed by atoms with Crippen LogP contribution in [0.5, 0.6) is 0 Å². The summed E-state index contributed by atoms with van der Waals surface area (Å²) < 4.78 is 5.69. The Balaban J connectivity index is 0.812. The first kappa shape index (κ1) is 39.8. The second-order valence-electron chi connectivity index (χ2n) is 15.9. The molecule has 2 aromatic heterocycles. The van der Waals surface area contributed by atoms with Gasteiger partial charge in [0.15, 0.2) is 5.84 Å². The summed E-state index contributed by atoms with van der Waals surface area (Å²) in [5, 5.41) is 13.3. The van der Waals surface area contributed by atoms with Crippen LogP contribution >= 0.6 is 0 Å². The Morgan fingerprint density at radius 1 is 0.919 bits per heavy atom. The lowest BCUT2D eigenvalue weighted by atomic mass is 9.71. The Morgan fingerprint density at radius 3 is 2.40 bits per heavy atom. The van der Waals surface area contributed by atoms with Gasteiger partial charge in [0.05, 0.1) is 16.9 Å². The maximum Gasteiger partial charge on any atom is 0.408 e. The molecule has 0 unspecified atom stereocenters. The number of fused-ring (bicyclic) bond motifs is 3. The number of hydrazone groups is 1. The van der Waals surface area contributed by atoms with Gasteiger partial charge >= 0.3 is 6.09 Å². The SMILES string of the molecule is C=C1NN=C2c3cc(-c4ccccc4)c(-c4ccc(C5(NC(=O)OCc6ccc(NC(=O)[C@@H]7CCCN7C(=O)[C@@H](C)NC(=O)c7ccncc7)cc6)CCC5)cc4)nc3C=CN12. The van der Waals surface area contributed by atoms with Crippen LogP contribution in [0.2, 0.25) is 0 Å². The van der Waals surface area contributed by atoms with Gasteiger partial charge in [0, 0.05) is 53.1 Å². The number of likely N-dealkylation sites (tertiary alicyclic amines) is 1. The van der Waals surface area contributed by atoms with Gasteiger partial charge < -0.3 is 25.6 Å². The van der Waals surface area contributed by atoms with E-state index in [1.807, 2.05) is 35.4 Å². The van der Waals surface area contributed by atoms with Gasteiger partial charge in [-0.1, -0.05) is 73.3 Å². The molecule has 5 aromatic rings. The number of nitrogens with zero attached hydrogens (tertiary/aromatic N) is 5. The fourth-order valence-electron chi connectivity index (χ4n) is 8.39. The number of ether oxygens (including phenoxy) is 1. The van der Waals surface area contributed by atoms with Crippen LogP contribution < -0.4 is 21.4 Å². The van der Waals surface area contributed by atoms with Gasteiger partial charge in [0.1, 0.15) is 24.5 Å². The number of hydrogen-bond donors (Lipinski definition) is 4. The molecule has 5 heterocycles. The molecule has 2 fully saturated rings. The molecule has 3 aliphatic heterocycles. The van der Waals surface area contributed by atoms with Crippen LogP contribution in [-0.4, -0.2) is 68.0 Å². The van der Waals surface area contributed by atoms with Crippen LogP contribution in [0.15, 0.2) is 133 Å². The van der Waals surface area contributed by atoms with Crippen LogP contribution in [0.25, 0.3) is 28.5 Å². The number of benzene rings is 3. The van der Waals surface area contributed by atoms with Crippen molar-refractivity contribution in [3.05, 3.63) is 156 Å². The monoisotopic (exact) mass is 827 g/mol. The van der Waals surface area contributed by atoms with E-state index in [4.69, 9.17) is 9.72 Å². The molecule has 1 saturated carbocycles. The second kappa shape index (κ2) is 16.8. The molecule has 62 heavy (non-hydrogen) atoms. The molecule has 4 amide bonds. The zero-order chi connectivity index (χ0) is 42.8. The molecule has 0 spiro atoms. The quantitative estimate of drug-likeness (QED) is 0.111. The lowest BCUT2D eigenvalue weighted by Gasteiger charge is -2.42. The number of carbonyl (C=O) groups excluding carboxylic acids is 4. The number of rotatable bonds is 11. The van der Waals surface area contributed by atoms with Crippen molar-refractivity contribution in [1.29, 1.82) is 0 Å². The summed E-state index contributed by atoms with van der Waals surface area (Å²) in [5.74, 6) is 0.424. The average Bonchev–Trinajstić information content (AvgIpc) is 3.95. The fourth-order valence-corrected chi connectivity index (χ4v) is 8.39. The molecule has 312 valence electrons. The minimum absolute atomic E-state index is 0.0398. The van der Waals surface area contributed by atoms with E-state index in [0.29, 0.717) is 36.5 Å². The molecule has 3 aromatic carbocycles. The summed E-state index contributed by atoms with van der Waals surface area (Å²) in [6.07, 6.45) is 10.1. The van der Waals surface area contributed by atoms with E-state index in [0.717, 1.165) is 69.9 Å². The average molecular weight is 828 g/mol. The zero-order valence-corrected chi connectivity index (χ0v) is 34.1. The molecule has 4 N–H and O–H groups in total. The van der Waals surface area contributed by atoms with Crippen molar-refractivity contribution in [2.45, 2.75) is 63.3 Å². The summed E-state index contributed by atoms with van der Waals surface area (Å²) in [5.41, 5.74) is 10.6. The van der Waals surface area contributed by atoms with Gasteiger partial charge in [-0.15, -0.1) is 0 Å². The zero-order valence-electron chi connectivity index (χ0n) is 34.1. The summed E-state index contributed by atoms with van der Waals surface area (Å²) in [4.78, 5) is 65.0. The molecular weight excluding hydrogens is 783 g/mol. The van der Waals surface area contributed by atoms with E-state index >= 15 is 0 Å². The van der Waals surface area contributed by atoms with Crippen molar-refractivity contribution >= 4 is 41.4 Å². The van der Waals surface area contributed by atoms with Gasteiger partial charge in [-0.2, -0.15) is 5.10 Å². The number of pyridine rings is 2. The van der Waals surface area contributed by atoms with Gasteiger partial charge in [-0.25, -0.2) is 9.78 Å². The molecule has 4 aliphatic rings. The Morgan fingerprint density at radius 2 is 1.68 bits per heavy atom. The topological polar surface area (TPSA) is 170 Å². The predicted molar refractivity (Wildman–Crippen MR) is 235 cm³/mol. The molecule has 0 radical (unpaired) electrons. The van der Waals surface area contributed by atoms with E-state index in [-0.39, 0.29) is 24.3 Å². The van der Waals surface area contributed by atoms with Crippen molar-refractivity contribution < 1.29 is 23.9 Å². The highest BCUT2D eigenvalue weighted by molar-refractivity contribution is 6.07. The number of nitrogens with one attached hydrogen (secondary N) is 4. The molecule has 14 heteroatoms. The minimum Gasteiger partial charge on any atom is -0.445 e. The van der Waals surface area contributed by atoms with Gasteiger partial charge in [-0.3, -0.25) is 29.7 Å². The van der Waals surface area contributed by atoms with Crippen LogP contribution in [0.4, 0.5) is 10.5 Å². The van der Waals surface area contributed by atoms with E-state index in [1.54, 1.807) is 43.3 Å². The van der Waals surface area contributed by atoms with Crippen LogP contribution in [0.3, 0.4) is 0 Å². The number of aromatic nitrogens is 2. The van der Waals surface area contributed by atoms with Crippen molar-refractivity contribution in [3.8, 4) is 22.4 Å². The third-order valence-electron chi connectivity index (χ3n) is 11.9. The first-order chi connectivity index (χ1) is 30.2. The van der Waals surface area contributed by atoms with E-state index in [1.165, 1.54) is 17.3 Å². The second-order valence-corrected chi connectivity index (χ2v) is 15.9. The maximum atomic E-state index is 13.3. The highest BCUT2D eigenvalue weighted by Crippen LogP contribution is 2.43. The van der Waals surface area contributed by atoms with E-state index in [9.17, 15) is 19.2 Å². The molecule has 1 aliphatic carbocycles. The normalized spacial score (nSPS) is 17.4. The number of amides is 4. The molecule has 1 saturated heterocycles. The lowest BCUT2D eigenvalue weighted by Crippen LogP contribution is -2.51. The van der Waals surface area contributed by atoms with Crippen LogP contribution in [0, 0.1) is 0 Å². The molecule has 2 atom stereocenters. The standard InChI is InChI=1S/C48H45N9O5/c1-30(50-44(58)35-19-24-49-25-20-35)46(60)57-26-6-10-41(57)45(59)51-37-17-11-32(12-18-37)29-62-47(61)53-48(22-7-23-48)36-15-13-34(14-16-36)42-38(33-8-4-3-5-9-33)28-39-40(52-42)21-27-56-31(2)54-55-43(39)56/h3-5,8-9,11-21,24-25,27-28,30,41,54H,2,6-7,10,22-23,26,29H2,1H3,(H,50,58)(H,51,59)(H,53,61)/t30-,41+/m1/s1. The Hall–Kier alpha value is -7.61. The lowest BCUT2D eigenvalue weighted by molar-refractivity contribution is -0.137. The molecule has 9 rings (SSSR count). The fraction of sp³-hybridized carbons (Fsp3) is 0.229. The Labute approximate surface area is 358 Å². The smallest absolute Gasteiger partial charge is 0.408 e. The maximum absolute atomic E-state index is 13.3. The third kappa shape index (κ3) is 7.89. The van der Waals surface area contributed by atoms with Crippen molar-refractivity contribution in [3.63, 3.8) is 0 Å². The number of carbonyl (C=O) groups is 4. The number of anilines is 1. The van der Waals surface area contributed by atoms with E-state index in [2.05, 4.69) is 80.5 Å². The Kier molecular flexibility index (Phi) is 10.8. The van der Waals surface area contributed by atoms with Crippen LogP contribution in [0.1, 0.15) is 71.8 Å². The first-order valence-electron chi connectivity index (χ1n) is 20.7. The summed E-state index contributed by atoms with van der Waals surface area (Å²) >= 11 is 0. The van der Waals surface area contributed by atoms with Crippen molar-refractivity contribution in [2.24, 2.45) is 5.10 Å². The highest BCUT2D eigenvalue weighted by atomic mass is 16.5. The largest absolute Gasteiger partial charge is 0.445 e. The molecular formula is C48H45N9O5. The van der Waals surface area contributed by atoms with Gasteiger partial charge in [-0.05, 0) is 92.1 Å². The van der Waals surface area contributed by atoms with Crippen molar-refractivity contribution in [1.82, 2.24) is 35.8 Å². The summed E-state index contributed by atoms with van der Waals surface area (Å²) in [7, 11) is 0. The van der Waals surface area contributed by atoms with E-state index < -0.39 is 23.7 Å². The predicted octanol–water partition coefficient (Wildman–Crippen LogP) is 6.89. The third-order valence-corrected chi connectivity index (χ3v) is 11.9. The Bertz CT molecular complexity index is 2610. The number of alkyl carbamates (subject to hydrolysis) is 1. The first-order valence-corrected chi connectivity index (χ1v) is 20.7. The minimum atomic E-state index is -0.814. The summed E-state index contributed by atoms with van der Waals surface area (Å²) in [6, 6.07) is 29.3. The number of hydrogen-bond acceptors (Lipinski definition) is 10.